The number of hydrogen-bond donors (Lipinski definition) is 1. The highest BCUT2D eigenvalue weighted by Crippen LogP contribution is 2.43. The van der Waals surface area contributed by atoms with Gasteiger partial charge in [0.25, 0.3) is 0 Å². The Morgan fingerprint density at radius 1 is 1.10 bits per heavy atom. The SMILES string of the molecule is O=C1CC(c2ccc(F)cc2F)C(C2CCCC2)C(=O)N1. The maximum Gasteiger partial charge on any atom is 0.230 e. The predicted octanol–water partition coefficient (Wildman–Crippen LogP) is 2.90. The molecule has 112 valence electrons. The molecular weight excluding hydrogens is 276 g/mol. The fourth-order valence-corrected chi connectivity index (χ4v) is 3.75. The van der Waals surface area contributed by atoms with Crippen LogP contribution in [0.1, 0.15) is 43.6 Å². The highest BCUT2D eigenvalue weighted by Gasteiger charge is 2.43. The van der Waals surface area contributed by atoms with Gasteiger partial charge in [0.15, 0.2) is 0 Å². The van der Waals surface area contributed by atoms with Gasteiger partial charge in [0.1, 0.15) is 11.6 Å². The molecular formula is C16H17F2NO2. The van der Waals surface area contributed by atoms with Crippen molar-refractivity contribution in [2.45, 2.75) is 38.0 Å². The standard InChI is InChI=1S/C16H17F2NO2/c17-10-5-6-11(13(18)7-10)12-8-14(20)19-16(21)15(12)9-3-1-2-4-9/h5-7,9,12,15H,1-4,8H2,(H,19,20,21). The molecule has 1 aliphatic carbocycles. The van der Waals surface area contributed by atoms with E-state index >= 15 is 0 Å². The summed E-state index contributed by atoms with van der Waals surface area (Å²) in [4.78, 5) is 23.9. The molecule has 2 unspecified atom stereocenters. The number of halogens is 2. The zero-order chi connectivity index (χ0) is 15.0. The lowest BCUT2D eigenvalue weighted by atomic mass is 9.73. The van der Waals surface area contributed by atoms with Crippen molar-refractivity contribution in [3.8, 4) is 0 Å². The van der Waals surface area contributed by atoms with Crippen molar-refractivity contribution < 1.29 is 18.4 Å². The maximum absolute atomic E-state index is 14.1. The average molecular weight is 293 g/mol. The van der Waals surface area contributed by atoms with Crippen molar-refractivity contribution in [1.29, 1.82) is 0 Å². The molecule has 2 atom stereocenters. The normalized spacial score (nSPS) is 27.0. The Bertz CT molecular complexity index is 582. The largest absolute Gasteiger partial charge is 0.296 e. The Morgan fingerprint density at radius 2 is 1.81 bits per heavy atom. The Labute approximate surface area is 121 Å². The van der Waals surface area contributed by atoms with Crippen LogP contribution in [-0.2, 0) is 9.59 Å². The lowest BCUT2D eigenvalue weighted by Gasteiger charge is -2.34. The summed E-state index contributed by atoms with van der Waals surface area (Å²) in [6, 6.07) is 3.36. The molecule has 1 aromatic carbocycles. The van der Waals surface area contributed by atoms with Crippen molar-refractivity contribution in [3.63, 3.8) is 0 Å². The molecule has 2 fully saturated rings. The lowest BCUT2D eigenvalue weighted by molar-refractivity contribution is -0.138. The van der Waals surface area contributed by atoms with E-state index in [1.165, 1.54) is 12.1 Å². The highest BCUT2D eigenvalue weighted by atomic mass is 19.1. The maximum atomic E-state index is 14.1. The zero-order valence-corrected chi connectivity index (χ0v) is 11.6. The molecule has 1 N–H and O–H groups in total. The van der Waals surface area contributed by atoms with E-state index in [0.717, 1.165) is 31.7 Å². The number of nitrogens with one attached hydrogen (secondary N) is 1. The van der Waals surface area contributed by atoms with E-state index < -0.39 is 23.5 Å². The van der Waals surface area contributed by atoms with Gasteiger partial charge >= 0.3 is 0 Å². The molecule has 1 aliphatic heterocycles. The monoisotopic (exact) mass is 293 g/mol. The quantitative estimate of drug-likeness (QED) is 0.852. The number of rotatable bonds is 2. The number of benzene rings is 1. The van der Waals surface area contributed by atoms with Gasteiger partial charge in [-0.25, -0.2) is 8.78 Å². The number of piperidine rings is 1. The van der Waals surface area contributed by atoms with Crippen LogP contribution in [0.25, 0.3) is 0 Å². The van der Waals surface area contributed by atoms with Crippen LogP contribution in [0, 0.1) is 23.5 Å². The first-order chi connectivity index (χ1) is 10.1. The molecule has 0 radical (unpaired) electrons. The molecule has 0 spiro atoms. The summed E-state index contributed by atoms with van der Waals surface area (Å²) in [7, 11) is 0. The molecule has 2 amide bonds. The fraction of sp³-hybridized carbons (Fsp3) is 0.500. The van der Waals surface area contributed by atoms with E-state index in [1.807, 2.05) is 0 Å². The van der Waals surface area contributed by atoms with Gasteiger partial charge in [0, 0.05) is 24.3 Å². The molecule has 5 heteroatoms. The molecule has 2 aliphatic rings. The highest BCUT2D eigenvalue weighted by molar-refractivity contribution is 6.00. The van der Waals surface area contributed by atoms with Gasteiger partial charge in [-0.2, -0.15) is 0 Å². The smallest absolute Gasteiger partial charge is 0.230 e. The van der Waals surface area contributed by atoms with Crippen molar-refractivity contribution in [2.24, 2.45) is 11.8 Å². The van der Waals surface area contributed by atoms with Gasteiger partial charge in [0.05, 0.1) is 0 Å². The van der Waals surface area contributed by atoms with Gasteiger partial charge in [0.2, 0.25) is 11.8 Å². The Morgan fingerprint density at radius 3 is 2.48 bits per heavy atom. The Hall–Kier alpha value is -1.78. The summed E-state index contributed by atoms with van der Waals surface area (Å²) >= 11 is 0. The lowest BCUT2D eigenvalue weighted by Crippen LogP contribution is -2.47. The summed E-state index contributed by atoms with van der Waals surface area (Å²) in [5.74, 6) is -2.74. The van der Waals surface area contributed by atoms with Crippen LogP contribution < -0.4 is 5.32 Å². The number of imide groups is 1. The number of amides is 2. The second kappa shape index (κ2) is 5.54. The van der Waals surface area contributed by atoms with E-state index in [4.69, 9.17) is 0 Å². The minimum absolute atomic E-state index is 0.0788. The summed E-state index contributed by atoms with van der Waals surface area (Å²) in [6.07, 6.45) is 4.04. The summed E-state index contributed by atoms with van der Waals surface area (Å²) in [5.41, 5.74) is 0.275. The molecule has 3 nitrogen and oxygen atoms in total. The zero-order valence-electron chi connectivity index (χ0n) is 11.6. The topological polar surface area (TPSA) is 46.2 Å². The fourth-order valence-electron chi connectivity index (χ4n) is 3.75. The summed E-state index contributed by atoms with van der Waals surface area (Å²) in [6.45, 7) is 0. The second-order valence-electron chi connectivity index (χ2n) is 5.96. The molecule has 21 heavy (non-hydrogen) atoms. The molecule has 3 rings (SSSR count). The van der Waals surface area contributed by atoms with E-state index in [9.17, 15) is 18.4 Å². The number of carbonyl (C=O) groups excluding carboxylic acids is 2. The average Bonchev–Trinajstić information content (AvgIpc) is 2.91. The third-order valence-corrected chi connectivity index (χ3v) is 4.67. The molecule has 1 saturated heterocycles. The van der Waals surface area contributed by atoms with E-state index in [2.05, 4.69) is 5.32 Å². The second-order valence-corrected chi connectivity index (χ2v) is 5.96. The molecule has 0 bridgehead atoms. The predicted molar refractivity (Wildman–Crippen MR) is 72.3 cm³/mol. The minimum Gasteiger partial charge on any atom is -0.296 e. The first kappa shape index (κ1) is 14.2. The summed E-state index contributed by atoms with van der Waals surface area (Å²) in [5, 5.41) is 2.36. The van der Waals surface area contributed by atoms with Crippen LogP contribution in [0.3, 0.4) is 0 Å². The van der Waals surface area contributed by atoms with Gasteiger partial charge in [-0.3, -0.25) is 14.9 Å². The van der Waals surface area contributed by atoms with E-state index in [-0.39, 0.29) is 29.7 Å². The Balaban J connectivity index is 1.98. The van der Waals surface area contributed by atoms with E-state index in [1.54, 1.807) is 0 Å². The van der Waals surface area contributed by atoms with Crippen molar-refractivity contribution in [1.82, 2.24) is 5.32 Å². The third kappa shape index (κ3) is 2.69. The van der Waals surface area contributed by atoms with Crippen molar-refractivity contribution >= 4 is 11.8 Å². The summed E-state index contributed by atoms with van der Waals surface area (Å²) < 4.78 is 27.1. The van der Waals surface area contributed by atoms with Crippen LogP contribution >= 0.6 is 0 Å². The third-order valence-electron chi connectivity index (χ3n) is 4.67. The van der Waals surface area contributed by atoms with Crippen LogP contribution in [-0.4, -0.2) is 11.8 Å². The van der Waals surface area contributed by atoms with Crippen molar-refractivity contribution in [3.05, 3.63) is 35.4 Å². The molecule has 1 saturated carbocycles. The Kier molecular flexibility index (Phi) is 3.74. The van der Waals surface area contributed by atoms with Crippen LogP contribution in [0.5, 0.6) is 0 Å². The van der Waals surface area contributed by atoms with Crippen LogP contribution in [0.15, 0.2) is 18.2 Å². The molecule has 1 heterocycles. The first-order valence-corrected chi connectivity index (χ1v) is 7.35. The van der Waals surface area contributed by atoms with Crippen LogP contribution in [0.2, 0.25) is 0 Å². The van der Waals surface area contributed by atoms with Gasteiger partial charge in [-0.15, -0.1) is 0 Å². The van der Waals surface area contributed by atoms with Gasteiger partial charge < -0.3 is 0 Å². The van der Waals surface area contributed by atoms with Crippen LogP contribution in [0.4, 0.5) is 8.78 Å². The molecule has 1 aromatic rings. The van der Waals surface area contributed by atoms with Gasteiger partial charge in [-0.05, 0) is 30.4 Å². The minimum atomic E-state index is -0.675. The number of carbonyl (C=O) groups is 2. The van der Waals surface area contributed by atoms with Gasteiger partial charge in [-0.1, -0.05) is 18.9 Å². The molecule has 0 aromatic heterocycles. The first-order valence-electron chi connectivity index (χ1n) is 7.35. The number of hydrogen-bond acceptors (Lipinski definition) is 2. The van der Waals surface area contributed by atoms with Crippen molar-refractivity contribution in [2.75, 3.05) is 0 Å². The van der Waals surface area contributed by atoms with E-state index in [0.29, 0.717) is 0 Å².